The van der Waals surface area contributed by atoms with Crippen LogP contribution in [0.5, 0.6) is 0 Å². The SMILES string of the molecule is O=C(Cn1cccn1)NC1(CO)CCCCC1. The quantitative estimate of drug-likeness (QED) is 0.810. The lowest BCUT2D eigenvalue weighted by Gasteiger charge is -2.36. The van der Waals surface area contributed by atoms with Crippen LogP contribution < -0.4 is 5.32 Å². The van der Waals surface area contributed by atoms with Gasteiger partial charge in [0, 0.05) is 12.4 Å². The Labute approximate surface area is 101 Å². The van der Waals surface area contributed by atoms with Gasteiger partial charge in [0.05, 0.1) is 12.1 Å². The highest BCUT2D eigenvalue weighted by Crippen LogP contribution is 2.27. The van der Waals surface area contributed by atoms with Crippen molar-refractivity contribution in [3.63, 3.8) is 0 Å². The highest BCUT2D eigenvalue weighted by molar-refractivity contribution is 5.76. The first kappa shape index (κ1) is 12.1. The van der Waals surface area contributed by atoms with E-state index in [1.165, 1.54) is 6.42 Å². The molecular formula is C12H19N3O2. The normalized spacial score (nSPS) is 18.9. The molecule has 1 fully saturated rings. The summed E-state index contributed by atoms with van der Waals surface area (Å²) in [6.07, 6.45) is 8.48. The standard InChI is InChI=1S/C12H19N3O2/c16-10-12(5-2-1-3-6-12)14-11(17)9-15-8-4-7-13-15/h4,7-8,16H,1-3,5-6,9-10H2,(H,14,17). The van der Waals surface area contributed by atoms with Gasteiger partial charge in [-0.05, 0) is 18.9 Å². The lowest BCUT2D eigenvalue weighted by Crippen LogP contribution is -2.53. The van der Waals surface area contributed by atoms with Crippen molar-refractivity contribution in [2.75, 3.05) is 6.61 Å². The van der Waals surface area contributed by atoms with Crippen LogP contribution in [0.1, 0.15) is 32.1 Å². The third kappa shape index (κ3) is 3.06. The third-order valence-electron chi connectivity index (χ3n) is 3.38. The van der Waals surface area contributed by atoms with Crippen LogP contribution in [0.3, 0.4) is 0 Å². The summed E-state index contributed by atoms with van der Waals surface area (Å²) < 4.78 is 1.59. The molecule has 1 saturated carbocycles. The van der Waals surface area contributed by atoms with Crippen molar-refractivity contribution in [3.05, 3.63) is 18.5 Å². The Kier molecular flexibility index (Phi) is 3.78. The first-order valence-electron chi connectivity index (χ1n) is 6.13. The van der Waals surface area contributed by atoms with E-state index in [1.807, 2.05) is 0 Å². The maximum absolute atomic E-state index is 11.9. The highest BCUT2D eigenvalue weighted by Gasteiger charge is 2.32. The van der Waals surface area contributed by atoms with Gasteiger partial charge in [-0.2, -0.15) is 5.10 Å². The van der Waals surface area contributed by atoms with E-state index in [0.29, 0.717) is 0 Å². The Hall–Kier alpha value is -1.36. The Balaban J connectivity index is 1.91. The van der Waals surface area contributed by atoms with E-state index in [0.717, 1.165) is 25.7 Å². The number of aromatic nitrogens is 2. The van der Waals surface area contributed by atoms with Gasteiger partial charge in [-0.25, -0.2) is 0 Å². The molecule has 94 valence electrons. The van der Waals surface area contributed by atoms with Crippen LogP contribution in [-0.2, 0) is 11.3 Å². The van der Waals surface area contributed by atoms with Crippen LogP contribution in [-0.4, -0.2) is 32.9 Å². The average Bonchev–Trinajstić information content (AvgIpc) is 2.83. The molecule has 0 radical (unpaired) electrons. The molecule has 0 saturated heterocycles. The predicted molar refractivity (Wildman–Crippen MR) is 63.3 cm³/mol. The van der Waals surface area contributed by atoms with E-state index >= 15 is 0 Å². The molecule has 0 aromatic carbocycles. The maximum Gasteiger partial charge on any atom is 0.242 e. The molecule has 0 spiro atoms. The number of carbonyl (C=O) groups is 1. The summed E-state index contributed by atoms with van der Waals surface area (Å²) >= 11 is 0. The van der Waals surface area contributed by atoms with Gasteiger partial charge in [0.2, 0.25) is 5.91 Å². The summed E-state index contributed by atoms with van der Waals surface area (Å²) in [7, 11) is 0. The van der Waals surface area contributed by atoms with Crippen LogP contribution in [0.2, 0.25) is 0 Å². The second-order valence-electron chi connectivity index (χ2n) is 4.75. The van der Waals surface area contributed by atoms with Crippen molar-refractivity contribution in [3.8, 4) is 0 Å². The van der Waals surface area contributed by atoms with Crippen LogP contribution in [0.25, 0.3) is 0 Å². The Morgan fingerprint density at radius 3 is 2.76 bits per heavy atom. The first-order valence-corrected chi connectivity index (χ1v) is 6.13. The Morgan fingerprint density at radius 1 is 1.41 bits per heavy atom. The first-order chi connectivity index (χ1) is 8.24. The molecule has 1 amide bonds. The van der Waals surface area contributed by atoms with Gasteiger partial charge in [0.1, 0.15) is 6.54 Å². The van der Waals surface area contributed by atoms with Gasteiger partial charge >= 0.3 is 0 Å². The summed E-state index contributed by atoms with van der Waals surface area (Å²) in [4.78, 5) is 11.9. The Morgan fingerprint density at radius 2 is 2.18 bits per heavy atom. The molecule has 0 aliphatic heterocycles. The minimum absolute atomic E-state index is 0.0256. The molecule has 2 rings (SSSR count). The molecule has 0 unspecified atom stereocenters. The summed E-state index contributed by atoms with van der Waals surface area (Å²) in [5.41, 5.74) is -0.400. The predicted octanol–water partition coefficient (Wildman–Crippen LogP) is 0.694. The van der Waals surface area contributed by atoms with Crippen molar-refractivity contribution in [2.45, 2.75) is 44.2 Å². The Bertz CT molecular complexity index is 356. The largest absolute Gasteiger partial charge is 0.394 e. The molecule has 5 nitrogen and oxygen atoms in total. The van der Waals surface area contributed by atoms with Gasteiger partial charge < -0.3 is 10.4 Å². The molecule has 1 aromatic heterocycles. The number of carbonyl (C=O) groups excluding carboxylic acids is 1. The highest BCUT2D eigenvalue weighted by atomic mass is 16.3. The topological polar surface area (TPSA) is 67.2 Å². The smallest absolute Gasteiger partial charge is 0.242 e. The number of hydrogen-bond acceptors (Lipinski definition) is 3. The number of nitrogens with zero attached hydrogens (tertiary/aromatic N) is 2. The van der Waals surface area contributed by atoms with E-state index in [9.17, 15) is 9.90 Å². The molecule has 1 aliphatic carbocycles. The third-order valence-corrected chi connectivity index (χ3v) is 3.38. The summed E-state index contributed by atoms with van der Waals surface area (Å²) in [5, 5.41) is 16.4. The average molecular weight is 237 g/mol. The zero-order valence-electron chi connectivity index (χ0n) is 9.93. The van der Waals surface area contributed by atoms with Crippen molar-refractivity contribution in [1.82, 2.24) is 15.1 Å². The number of aliphatic hydroxyl groups excluding tert-OH is 1. The van der Waals surface area contributed by atoms with Crippen LogP contribution in [0.15, 0.2) is 18.5 Å². The molecular weight excluding hydrogens is 218 g/mol. The minimum Gasteiger partial charge on any atom is -0.394 e. The summed E-state index contributed by atoms with van der Waals surface area (Å²) in [6.45, 7) is 0.243. The summed E-state index contributed by atoms with van der Waals surface area (Å²) in [5.74, 6) is -0.0790. The molecule has 0 bridgehead atoms. The molecule has 17 heavy (non-hydrogen) atoms. The van der Waals surface area contributed by atoms with E-state index in [-0.39, 0.29) is 19.1 Å². The van der Waals surface area contributed by atoms with Crippen molar-refractivity contribution in [1.29, 1.82) is 0 Å². The van der Waals surface area contributed by atoms with Crippen molar-refractivity contribution in [2.24, 2.45) is 0 Å². The van der Waals surface area contributed by atoms with Crippen molar-refractivity contribution < 1.29 is 9.90 Å². The van der Waals surface area contributed by atoms with Crippen molar-refractivity contribution >= 4 is 5.91 Å². The van der Waals surface area contributed by atoms with Gasteiger partial charge in [0.15, 0.2) is 0 Å². The fourth-order valence-corrected chi connectivity index (χ4v) is 2.43. The number of rotatable bonds is 4. The molecule has 2 N–H and O–H groups in total. The lowest BCUT2D eigenvalue weighted by molar-refractivity contribution is -0.125. The second kappa shape index (κ2) is 5.31. The monoisotopic (exact) mass is 237 g/mol. The fraction of sp³-hybridized carbons (Fsp3) is 0.667. The minimum atomic E-state index is -0.400. The van der Waals surface area contributed by atoms with Gasteiger partial charge in [-0.3, -0.25) is 9.48 Å². The van der Waals surface area contributed by atoms with E-state index in [2.05, 4.69) is 10.4 Å². The van der Waals surface area contributed by atoms with Crippen LogP contribution in [0, 0.1) is 0 Å². The zero-order valence-corrected chi connectivity index (χ0v) is 9.93. The number of amides is 1. The fourth-order valence-electron chi connectivity index (χ4n) is 2.43. The maximum atomic E-state index is 11.9. The molecule has 1 aromatic rings. The zero-order chi connectivity index (χ0) is 12.1. The van der Waals surface area contributed by atoms with E-state index in [1.54, 1.807) is 23.1 Å². The number of hydrogen-bond donors (Lipinski definition) is 2. The molecule has 1 aliphatic rings. The van der Waals surface area contributed by atoms with Crippen LogP contribution in [0.4, 0.5) is 0 Å². The molecule has 0 atom stereocenters. The molecule has 1 heterocycles. The number of nitrogens with one attached hydrogen (secondary N) is 1. The van der Waals surface area contributed by atoms with Gasteiger partial charge in [-0.1, -0.05) is 19.3 Å². The molecule has 5 heteroatoms. The lowest BCUT2D eigenvalue weighted by atomic mass is 9.82. The second-order valence-corrected chi connectivity index (χ2v) is 4.75. The van der Waals surface area contributed by atoms with E-state index in [4.69, 9.17) is 0 Å². The van der Waals surface area contributed by atoms with E-state index < -0.39 is 5.54 Å². The van der Waals surface area contributed by atoms with Crippen LogP contribution >= 0.6 is 0 Å². The number of aliphatic hydroxyl groups is 1. The summed E-state index contributed by atoms with van der Waals surface area (Å²) in [6, 6.07) is 1.79. The van der Waals surface area contributed by atoms with Gasteiger partial charge in [0.25, 0.3) is 0 Å². The van der Waals surface area contributed by atoms with Gasteiger partial charge in [-0.15, -0.1) is 0 Å².